The Morgan fingerprint density at radius 2 is 1.75 bits per heavy atom. The van der Waals surface area contributed by atoms with Gasteiger partial charge >= 0.3 is 6.09 Å². The number of carbonyl (C=O) groups excluding carboxylic acids is 2. The van der Waals surface area contributed by atoms with Crippen LogP contribution in [-0.2, 0) is 9.53 Å². The number of carbonyl (C=O) groups is 2. The lowest BCUT2D eigenvalue weighted by Gasteiger charge is -2.08. The third kappa shape index (κ3) is 4.89. The molecule has 6 nitrogen and oxygen atoms in total. The van der Waals surface area contributed by atoms with Gasteiger partial charge in [-0.25, -0.2) is 4.79 Å². The minimum Gasteiger partial charge on any atom is -0.453 e. The van der Waals surface area contributed by atoms with Crippen molar-refractivity contribution in [1.29, 1.82) is 0 Å². The van der Waals surface area contributed by atoms with Crippen LogP contribution in [-0.4, -0.2) is 32.2 Å². The van der Waals surface area contributed by atoms with Gasteiger partial charge in [0.1, 0.15) is 0 Å². The van der Waals surface area contributed by atoms with Crippen LogP contribution >= 0.6 is 0 Å². The zero-order valence-electron chi connectivity index (χ0n) is 11.4. The Labute approximate surface area is 117 Å². The first kappa shape index (κ1) is 14.3. The van der Waals surface area contributed by atoms with Crippen molar-refractivity contribution in [3.63, 3.8) is 0 Å². The standard InChI is InChI=1S/C14H19N3O3/c1-20-14(19)17-12-6-4-11(5-7-12)16-13(18)9-15-8-10-2-3-10/h4-7,10,15H,2-3,8-9H2,1H3,(H,16,18)(H,17,19). The largest absolute Gasteiger partial charge is 0.453 e. The normalized spacial score (nSPS) is 13.7. The molecule has 2 rings (SSSR count). The SMILES string of the molecule is COC(=O)Nc1ccc(NC(=O)CNCC2CC2)cc1. The highest BCUT2D eigenvalue weighted by molar-refractivity contribution is 5.92. The summed E-state index contributed by atoms with van der Waals surface area (Å²) in [4.78, 5) is 22.7. The maximum Gasteiger partial charge on any atom is 0.411 e. The minimum absolute atomic E-state index is 0.0701. The summed E-state index contributed by atoms with van der Waals surface area (Å²) >= 11 is 0. The number of rotatable bonds is 6. The van der Waals surface area contributed by atoms with Crippen molar-refractivity contribution < 1.29 is 14.3 Å². The topological polar surface area (TPSA) is 79.5 Å². The fourth-order valence-corrected chi connectivity index (χ4v) is 1.72. The van der Waals surface area contributed by atoms with E-state index >= 15 is 0 Å². The van der Waals surface area contributed by atoms with E-state index in [0.29, 0.717) is 17.9 Å². The first-order valence-corrected chi connectivity index (χ1v) is 6.63. The van der Waals surface area contributed by atoms with Gasteiger partial charge in [-0.1, -0.05) is 0 Å². The smallest absolute Gasteiger partial charge is 0.411 e. The molecule has 1 saturated carbocycles. The van der Waals surface area contributed by atoms with Crippen molar-refractivity contribution in [3.05, 3.63) is 24.3 Å². The molecule has 0 aromatic heterocycles. The highest BCUT2D eigenvalue weighted by atomic mass is 16.5. The summed E-state index contributed by atoms with van der Waals surface area (Å²) in [7, 11) is 1.30. The second-order valence-electron chi connectivity index (χ2n) is 4.82. The molecule has 0 atom stereocenters. The summed E-state index contributed by atoms with van der Waals surface area (Å²) < 4.78 is 4.49. The van der Waals surface area contributed by atoms with E-state index in [9.17, 15) is 9.59 Å². The number of methoxy groups -OCH3 is 1. The van der Waals surface area contributed by atoms with Gasteiger partial charge in [0, 0.05) is 11.4 Å². The summed E-state index contributed by atoms with van der Waals surface area (Å²) in [6.07, 6.45) is 2.01. The molecule has 0 aliphatic heterocycles. The number of hydrogen-bond acceptors (Lipinski definition) is 4. The molecule has 3 N–H and O–H groups in total. The van der Waals surface area contributed by atoms with E-state index in [4.69, 9.17) is 0 Å². The predicted octanol–water partition coefficient (Wildman–Crippen LogP) is 1.80. The summed E-state index contributed by atoms with van der Waals surface area (Å²) in [5.74, 6) is 0.686. The quantitative estimate of drug-likeness (QED) is 0.741. The number of hydrogen-bond donors (Lipinski definition) is 3. The molecule has 2 amide bonds. The number of amides is 2. The molecule has 1 aromatic rings. The summed E-state index contributed by atoms with van der Waals surface area (Å²) in [5, 5.41) is 8.45. The van der Waals surface area contributed by atoms with Crippen molar-refractivity contribution in [1.82, 2.24) is 5.32 Å². The van der Waals surface area contributed by atoms with Crippen LogP contribution in [0.15, 0.2) is 24.3 Å². The molecule has 1 fully saturated rings. The van der Waals surface area contributed by atoms with Crippen molar-refractivity contribution >= 4 is 23.4 Å². The Morgan fingerprint density at radius 3 is 2.30 bits per heavy atom. The van der Waals surface area contributed by atoms with Crippen LogP contribution in [0.1, 0.15) is 12.8 Å². The van der Waals surface area contributed by atoms with Gasteiger partial charge in [-0.05, 0) is 49.6 Å². The predicted molar refractivity (Wildman–Crippen MR) is 76.7 cm³/mol. The fourth-order valence-electron chi connectivity index (χ4n) is 1.72. The fraction of sp³-hybridized carbons (Fsp3) is 0.429. The maximum atomic E-state index is 11.7. The molecule has 1 aromatic carbocycles. The highest BCUT2D eigenvalue weighted by Gasteiger charge is 2.20. The molecule has 0 radical (unpaired) electrons. The highest BCUT2D eigenvalue weighted by Crippen LogP contribution is 2.27. The van der Waals surface area contributed by atoms with Crippen molar-refractivity contribution in [2.24, 2.45) is 5.92 Å². The molecule has 6 heteroatoms. The van der Waals surface area contributed by atoms with Crippen LogP contribution in [0.5, 0.6) is 0 Å². The van der Waals surface area contributed by atoms with Gasteiger partial charge in [-0.15, -0.1) is 0 Å². The number of ether oxygens (including phenoxy) is 1. The van der Waals surface area contributed by atoms with Crippen molar-refractivity contribution in [2.45, 2.75) is 12.8 Å². The molecule has 0 unspecified atom stereocenters. The lowest BCUT2D eigenvalue weighted by Crippen LogP contribution is -2.29. The van der Waals surface area contributed by atoms with Crippen LogP contribution in [0, 0.1) is 5.92 Å². The van der Waals surface area contributed by atoms with Gasteiger partial charge in [0.25, 0.3) is 0 Å². The zero-order chi connectivity index (χ0) is 14.4. The van der Waals surface area contributed by atoms with Gasteiger partial charge in [-0.2, -0.15) is 0 Å². The van der Waals surface area contributed by atoms with E-state index in [0.717, 1.165) is 12.5 Å². The average molecular weight is 277 g/mol. The van der Waals surface area contributed by atoms with Crippen LogP contribution < -0.4 is 16.0 Å². The first-order valence-electron chi connectivity index (χ1n) is 6.63. The van der Waals surface area contributed by atoms with Crippen LogP contribution in [0.25, 0.3) is 0 Å². The van der Waals surface area contributed by atoms with Gasteiger partial charge in [0.2, 0.25) is 5.91 Å². The Balaban J connectivity index is 1.74. The zero-order valence-corrected chi connectivity index (χ0v) is 11.4. The molecule has 0 saturated heterocycles. The summed E-state index contributed by atoms with van der Waals surface area (Å²) in [5.41, 5.74) is 1.31. The molecule has 1 aliphatic rings. The lowest BCUT2D eigenvalue weighted by atomic mass is 10.3. The molecule has 1 aliphatic carbocycles. The van der Waals surface area contributed by atoms with Crippen molar-refractivity contribution in [2.75, 3.05) is 30.8 Å². The van der Waals surface area contributed by atoms with E-state index in [1.807, 2.05) is 0 Å². The Kier molecular flexibility index (Phi) is 4.95. The Morgan fingerprint density at radius 1 is 1.15 bits per heavy atom. The van der Waals surface area contributed by atoms with Gasteiger partial charge in [0.05, 0.1) is 13.7 Å². The number of anilines is 2. The van der Waals surface area contributed by atoms with E-state index in [2.05, 4.69) is 20.7 Å². The van der Waals surface area contributed by atoms with E-state index < -0.39 is 6.09 Å². The van der Waals surface area contributed by atoms with E-state index in [1.54, 1.807) is 24.3 Å². The second-order valence-corrected chi connectivity index (χ2v) is 4.82. The van der Waals surface area contributed by atoms with Crippen LogP contribution in [0.3, 0.4) is 0 Å². The molecule has 0 bridgehead atoms. The number of benzene rings is 1. The molecule has 20 heavy (non-hydrogen) atoms. The average Bonchev–Trinajstić information content (AvgIpc) is 3.25. The molecular formula is C14H19N3O3. The van der Waals surface area contributed by atoms with Gasteiger partial charge in [0.15, 0.2) is 0 Å². The monoisotopic (exact) mass is 277 g/mol. The van der Waals surface area contributed by atoms with E-state index in [-0.39, 0.29) is 5.91 Å². The molecule has 0 heterocycles. The molecular weight excluding hydrogens is 258 g/mol. The van der Waals surface area contributed by atoms with E-state index in [1.165, 1.54) is 20.0 Å². The van der Waals surface area contributed by atoms with Crippen LogP contribution in [0.4, 0.5) is 16.2 Å². The first-order chi connectivity index (χ1) is 9.67. The minimum atomic E-state index is -0.522. The Hall–Kier alpha value is -2.08. The number of nitrogens with one attached hydrogen (secondary N) is 3. The molecule has 108 valence electrons. The summed E-state index contributed by atoms with van der Waals surface area (Å²) in [6, 6.07) is 6.85. The third-order valence-corrected chi connectivity index (χ3v) is 3.02. The summed E-state index contributed by atoms with van der Waals surface area (Å²) in [6.45, 7) is 1.23. The van der Waals surface area contributed by atoms with Gasteiger partial charge < -0.3 is 15.4 Å². The third-order valence-electron chi connectivity index (χ3n) is 3.02. The van der Waals surface area contributed by atoms with Crippen LogP contribution in [0.2, 0.25) is 0 Å². The van der Waals surface area contributed by atoms with Gasteiger partial charge in [-0.3, -0.25) is 10.1 Å². The second kappa shape index (κ2) is 6.91. The Bertz CT molecular complexity index is 469. The maximum absolute atomic E-state index is 11.7. The van der Waals surface area contributed by atoms with Crippen molar-refractivity contribution in [3.8, 4) is 0 Å². The lowest BCUT2D eigenvalue weighted by molar-refractivity contribution is -0.115. The molecule has 0 spiro atoms.